The van der Waals surface area contributed by atoms with Gasteiger partial charge in [-0.05, 0) is 50.2 Å². The van der Waals surface area contributed by atoms with Gasteiger partial charge in [0.2, 0.25) is 5.78 Å². The Hall–Kier alpha value is -3.09. The van der Waals surface area contributed by atoms with Crippen LogP contribution >= 0.6 is 0 Å². The summed E-state index contributed by atoms with van der Waals surface area (Å²) in [4.78, 5) is 24.7. The number of rotatable bonds is 8. The quantitative estimate of drug-likeness (QED) is 0.519. The molecule has 0 aliphatic rings. The lowest BCUT2D eigenvalue weighted by Gasteiger charge is -2.24. The molecule has 0 bridgehead atoms. The molecule has 0 radical (unpaired) electrons. The Balaban J connectivity index is 2.01. The minimum atomic E-state index is -1.36. The van der Waals surface area contributed by atoms with Gasteiger partial charge in [0.1, 0.15) is 23.1 Å². The number of esters is 1. The second-order valence-electron chi connectivity index (χ2n) is 6.13. The van der Waals surface area contributed by atoms with Crippen molar-refractivity contribution in [1.29, 1.82) is 0 Å². The molecule has 0 aromatic heterocycles. The van der Waals surface area contributed by atoms with Crippen molar-refractivity contribution in [2.45, 2.75) is 19.4 Å². The van der Waals surface area contributed by atoms with Crippen molar-refractivity contribution in [2.24, 2.45) is 0 Å². The van der Waals surface area contributed by atoms with Crippen molar-refractivity contribution in [1.82, 2.24) is 0 Å². The topological polar surface area (TPSA) is 71.1 Å². The molecular weight excluding hydrogens is 355 g/mol. The van der Waals surface area contributed by atoms with E-state index >= 15 is 0 Å². The first-order chi connectivity index (χ1) is 12.8. The number of carbonyl (C=O) groups excluding carboxylic acids is 2. The lowest BCUT2D eigenvalue weighted by molar-refractivity contribution is -0.158. The molecule has 6 nitrogen and oxygen atoms in total. The van der Waals surface area contributed by atoms with Crippen LogP contribution in [-0.2, 0) is 9.53 Å². The maximum Gasteiger partial charge on any atom is 0.350 e. The molecule has 2 aromatic carbocycles. The van der Waals surface area contributed by atoms with Crippen LogP contribution in [0.25, 0.3) is 0 Å². The molecule has 7 heteroatoms. The maximum absolute atomic E-state index is 13.0. The number of hydrogen-bond donors (Lipinski definition) is 0. The fourth-order valence-electron chi connectivity index (χ4n) is 2.25. The van der Waals surface area contributed by atoms with Gasteiger partial charge in [-0.15, -0.1) is 0 Å². The summed E-state index contributed by atoms with van der Waals surface area (Å²) in [5.41, 5.74) is -1.09. The van der Waals surface area contributed by atoms with Crippen LogP contribution in [0.3, 0.4) is 0 Å². The van der Waals surface area contributed by atoms with E-state index in [2.05, 4.69) is 0 Å². The number of ether oxygens (including phenoxy) is 4. The van der Waals surface area contributed by atoms with E-state index in [-0.39, 0.29) is 5.56 Å². The van der Waals surface area contributed by atoms with Gasteiger partial charge in [-0.1, -0.05) is 0 Å². The summed E-state index contributed by atoms with van der Waals surface area (Å²) in [5, 5.41) is 0. The van der Waals surface area contributed by atoms with E-state index in [9.17, 15) is 14.0 Å². The molecule has 0 N–H and O–H groups in total. The first-order valence-corrected chi connectivity index (χ1v) is 8.14. The molecule has 0 aliphatic carbocycles. The molecule has 0 spiro atoms. The van der Waals surface area contributed by atoms with E-state index in [1.54, 1.807) is 12.1 Å². The predicted molar refractivity (Wildman–Crippen MR) is 95.9 cm³/mol. The zero-order valence-corrected chi connectivity index (χ0v) is 15.6. The normalized spacial score (nSPS) is 10.9. The molecule has 144 valence electrons. The van der Waals surface area contributed by atoms with Crippen LogP contribution in [0, 0.1) is 5.82 Å². The second-order valence-corrected chi connectivity index (χ2v) is 6.13. The molecule has 0 aliphatic heterocycles. The van der Waals surface area contributed by atoms with Crippen molar-refractivity contribution < 1.29 is 32.9 Å². The summed E-state index contributed by atoms with van der Waals surface area (Å²) in [7, 11) is 2.93. The van der Waals surface area contributed by atoms with Crippen LogP contribution < -0.4 is 14.2 Å². The van der Waals surface area contributed by atoms with Crippen LogP contribution in [0.2, 0.25) is 0 Å². The molecule has 0 amide bonds. The molecular formula is C20H21FO6. The zero-order valence-electron chi connectivity index (χ0n) is 15.6. The van der Waals surface area contributed by atoms with Gasteiger partial charge in [0, 0.05) is 6.07 Å². The van der Waals surface area contributed by atoms with Gasteiger partial charge in [-0.3, -0.25) is 4.79 Å². The van der Waals surface area contributed by atoms with Gasteiger partial charge in [0.05, 0.1) is 19.8 Å². The third-order valence-electron chi connectivity index (χ3n) is 3.72. The SMILES string of the molecule is COc1ccc(C(=O)COC(=O)C(C)(C)Oc2ccc(F)cc2)c(OC)c1. The maximum atomic E-state index is 13.0. The highest BCUT2D eigenvalue weighted by Crippen LogP contribution is 2.25. The highest BCUT2D eigenvalue weighted by molar-refractivity contribution is 6.00. The lowest BCUT2D eigenvalue weighted by Crippen LogP contribution is -2.40. The Morgan fingerprint density at radius 2 is 1.59 bits per heavy atom. The minimum Gasteiger partial charge on any atom is -0.497 e. The summed E-state index contributed by atoms with van der Waals surface area (Å²) in [6.45, 7) is 2.52. The fraction of sp³-hybridized carbons (Fsp3) is 0.300. The number of methoxy groups -OCH3 is 2. The minimum absolute atomic E-state index is 0.267. The van der Waals surface area contributed by atoms with Gasteiger partial charge in [-0.25, -0.2) is 9.18 Å². The summed E-state index contributed by atoms with van der Waals surface area (Å²) in [5.74, 6) is -0.414. The Labute approximate surface area is 156 Å². The lowest BCUT2D eigenvalue weighted by atomic mass is 10.1. The van der Waals surface area contributed by atoms with E-state index in [1.807, 2.05) is 0 Å². The van der Waals surface area contributed by atoms with Crippen molar-refractivity contribution in [3.63, 3.8) is 0 Å². The van der Waals surface area contributed by atoms with E-state index in [1.165, 1.54) is 58.4 Å². The second kappa shape index (κ2) is 8.53. The summed E-state index contributed by atoms with van der Waals surface area (Å²) >= 11 is 0. The molecule has 0 heterocycles. The highest BCUT2D eigenvalue weighted by Gasteiger charge is 2.32. The van der Waals surface area contributed by atoms with Gasteiger partial charge >= 0.3 is 5.97 Å². The van der Waals surface area contributed by atoms with Crippen LogP contribution in [0.5, 0.6) is 17.2 Å². The highest BCUT2D eigenvalue weighted by atomic mass is 19.1. The van der Waals surface area contributed by atoms with E-state index in [4.69, 9.17) is 18.9 Å². The largest absolute Gasteiger partial charge is 0.497 e. The van der Waals surface area contributed by atoms with E-state index in [0.717, 1.165) is 0 Å². The van der Waals surface area contributed by atoms with Crippen LogP contribution in [0.4, 0.5) is 4.39 Å². The number of benzene rings is 2. The van der Waals surface area contributed by atoms with Crippen LogP contribution in [0.1, 0.15) is 24.2 Å². The summed E-state index contributed by atoms with van der Waals surface area (Å²) < 4.78 is 33.9. The average Bonchev–Trinajstić information content (AvgIpc) is 2.66. The number of Topliss-reactive ketones (excluding diaryl/α,β-unsaturated/α-hetero) is 1. The molecule has 2 rings (SSSR count). The van der Waals surface area contributed by atoms with Crippen molar-refractivity contribution in [3.8, 4) is 17.2 Å². The number of hydrogen-bond acceptors (Lipinski definition) is 6. The first-order valence-electron chi connectivity index (χ1n) is 8.14. The van der Waals surface area contributed by atoms with Crippen molar-refractivity contribution >= 4 is 11.8 Å². The monoisotopic (exact) mass is 376 g/mol. The number of halogens is 1. The third-order valence-corrected chi connectivity index (χ3v) is 3.72. The third kappa shape index (κ3) is 5.20. The molecule has 0 saturated carbocycles. The predicted octanol–water partition coefficient (Wildman–Crippen LogP) is 3.43. The van der Waals surface area contributed by atoms with Gasteiger partial charge in [0.25, 0.3) is 0 Å². The molecule has 0 unspecified atom stereocenters. The van der Waals surface area contributed by atoms with E-state index < -0.39 is 29.8 Å². The number of ketones is 1. The smallest absolute Gasteiger partial charge is 0.350 e. The molecule has 0 saturated heterocycles. The van der Waals surface area contributed by atoms with Crippen LogP contribution in [-0.4, -0.2) is 38.2 Å². The first kappa shape index (κ1) is 20.2. The Morgan fingerprint density at radius 1 is 0.963 bits per heavy atom. The molecule has 27 heavy (non-hydrogen) atoms. The Kier molecular flexibility index (Phi) is 6.39. The van der Waals surface area contributed by atoms with Gasteiger partial charge in [0.15, 0.2) is 12.2 Å². The van der Waals surface area contributed by atoms with Crippen molar-refractivity contribution in [3.05, 3.63) is 53.8 Å². The van der Waals surface area contributed by atoms with E-state index in [0.29, 0.717) is 17.2 Å². The number of carbonyl (C=O) groups is 2. The Bertz CT molecular complexity index is 814. The average molecular weight is 376 g/mol. The van der Waals surface area contributed by atoms with Crippen molar-refractivity contribution in [2.75, 3.05) is 20.8 Å². The molecule has 0 atom stereocenters. The molecule has 2 aromatic rings. The summed E-state index contributed by atoms with van der Waals surface area (Å²) in [6, 6.07) is 9.95. The van der Waals surface area contributed by atoms with Gasteiger partial charge < -0.3 is 18.9 Å². The fourth-order valence-corrected chi connectivity index (χ4v) is 2.25. The standard InChI is InChI=1S/C20H21FO6/c1-20(2,27-14-7-5-13(21)6-8-14)19(23)26-12-17(22)16-10-9-15(24-3)11-18(16)25-4/h5-11H,12H2,1-4H3. The zero-order chi connectivity index (χ0) is 20.0. The Morgan fingerprint density at radius 3 is 2.19 bits per heavy atom. The summed E-state index contributed by atoms with van der Waals surface area (Å²) in [6.07, 6.45) is 0. The molecule has 0 fully saturated rings. The van der Waals surface area contributed by atoms with Gasteiger partial charge in [-0.2, -0.15) is 0 Å². The van der Waals surface area contributed by atoms with Crippen LogP contribution in [0.15, 0.2) is 42.5 Å².